The van der Waals surface area contributed by atoms with Crippen molar-refractivity contribution in [2.45, 2.75) is 30.7 Å². The van der Waals surface area contributed by atoms with Gasteiger partial charge >= 0.3 is 35.1 Å². The van der Waals surface area contributed by atoms with Crippen LogP contribution in [0.1, 0.15) is 41.4 Å². The molecule has 0 radical (unpaired) electrons. The normalized spacial score (nSPS) is 19.3. The molecule has 2 aromatic heterocycles. The van der Waals surface area contributed by atoms with Crippen LogP contribution < -0.4 is 16.0 Å². The average Bonchev–Trinajstić information content (AvgIpc) is 2.96. The van der Waals surface area contributed by atoms with E-state index >= 15 is 0 Å². The Kier molecular flexibility index (Phi) is 10.5. The van der Waals surface area contributed by atoms with Gasteiger partial charge in [-0.15, -0.1) is 0 Å². The molecule has 4 aliphatic heterocycles. The molecule has 1 unspecified atom stereocenters. The van der Waals surface area contributed by atoms with Gasteiger partial charge in [-0.1, -0.05) is 0 Å². The van der Waals surface area contributed by atoms with Gasteiger partial charge in [-0.05, 0) is 18.2 Å². The Morgan fingerprint density at radius 3 is 1.37 bits per heavy atom. The third kappa shape index (κ3) is 6.76. The molecule has 1 saturated heterocycles. The van der Waals surface area contributed by atoms with E-state index in [4.69, 9.17) is 37.3 Å². The first-order valence-electron chi connectivity index (χ1n) is 21.7. The van der Waals surface area contributed by atoms with Crippen LogP contribution in [0.25, 0.3) is 55.0 Å². The van der Waals surface area contributed by atoms with E-state index in [0.29, 0.717) is 30.3 Å². The summed E-state index contributed by atoms with van der Waals surface area (Å²) in [4.78, 5) is 85.9. The van der Waals surface area contributed by atoms with Crippen LogP contribution in [0.15, 0.2) is 48.8 Å². The van der Waals surface area contributed by atoms with Crippen LogP contribution in [-0.4, -0.2) is 143 Å². The van der Waals surface area contributed by atoms with Crippen LogP contribution >= 0.6 is 0 Å². The Morgan fingerprint density at radius 1 is 0.397 bits per heavy atom. The van der Waals surface area contributed by atoms with Crippen molar-refractivity contribution in [2.24, 2.45) is 0 Å². The van der Waals surface area contributed by atoms with Gasteiger partial charge in [0.1, 0.15) is 18.3 Å². The number of aromatic hydroxyl groups is 15. The van der Waals surface area contributed by atoms with Crippen molar-refractivity contribution in [1.29, 1.82) is 0 Å². The predicted molar refractivity (Wildman–Crippen MR) is 245 cm³/mol. The second-order valence-electron chi connectivity index (χ2n) is 17.3. The number of phenolic OH excluding ortho intramolecular Hbond substituents is 15. The van der Waals surface area contributed by atoms with E-state index in [1.165, 1.54) is 0 Å². The first-order valence-corrected chi connectivity index (χ1v) is 21.7. The van der Waals surface area contributed by atoms with Gasteiger partial charge in [0.25, 0.3) is 0 Å². The second-order valence-corrected chi connectivity index (χ2v) is 17.3. The first kappa shape index (κ1) is 49.1. The Morgan fingerprint density at radius 2 is 0.833 bits per heavy atom. The number of hydrogen-bond acceptors (Lipinski definition) is 30. The number of carbonyl (C=O) groups is 4. The van der Waals surface area contributed by atoms with Crippen molar-refractivity contribution in [3.63, 3.8) is 0 Å². The maximum atomic E-state index is 15.0. The maximum Gasteiger partial charge on any atom is 0.345 e. The summed E-state index contributed by atoms with van der Waals surface area (Å²) < 4.78 is 44.2. The molecule has 30 heteroatoms. The molecule has 0 saturated carbocycles. The number of carbonyl (C=O) groups excluding carboxylic acids is 4. The summed E-state index contributed by atoms with van der Waals surface area (Å²) in [5.41, 5.74) is -14.5. The highest BCUT2D eigenvalue weighted by Gasteiger charge is 2.54. The van der Waals surface area contributed by atoms with E-state index < -0.39 is 247 Å². The van der Waals surface area contributed by atoms with Crippen molar-refractivity contribution < 1.29 is 138 Å². The molecule has 78 heavy (non-hydrogen) atoms. The summed E-state index contributed by atoms with van der Waals surface area (Å²) in [5.74, 6) is -30.9. The molecule has 8 aromatic rings. The minimum atomic E-state index is -2.67. The van der Waals surface area contributed by atoms with Crippen LogP contribution in [0, 0.1) is 0 Å². The smallest absolute Gasteiger partial charge is 0.345 e. The summed E-state index contributed by atoms with van der Waals surface area (Å²) in [7, 11) is 0. The molecule has 0 spiro atoms. The lowest BCUT2D eigenvalue weighted by molar-refractivity contribution is -0.284. The van der Waals surface area contributed by atoms with Crippen LogP contribution in [-0.2, 0) is 23.7 Å². The molecule has 4 aliphatic rings. The molecule has 7 bridgehead atoms. The monoisotopic (exact) mass is 1080 g/mol. The fourth-order valence-corrected chi connectivity index (χ4v) is 9.38. The summed E-state index contributed by atoms with van der Waals surface area (Å²) in [6.45, 7) is -1.41. The molecule has 0 amide bonds. The molecule has 6 aromatic carbocycles. The van der Waals surface area contributed by atoms with Gasteiger partial charge in [0.05, 0.1) is 27.5 Å². The lowest BCUT2D eigenvalue weighted by atomic mass is 9.90. The number of esters is 4. The van der Waals surface area contributed by atoms with Crippen LogP contribution in [0.2, 0.25) is 0 Å². The lowest BCUT2D eigenvalue weighted by Gasteiger charge is -2.43. The van der Waals surface area contributed by atoms with Crippen molar-refractivity contribution in [3.8, 4) is 120 Å². The maximum absolute atomic E-state index is 15.0. The van der Waals surface area contributed by atoms with Gasteiger partial charge in [-0.25, -0.2) is 28.8 Å². The minimum Gasteiger partial charge on any atom is -0.504 e. The van der Waals surface area contributed by atoms with E-state index in [-0.39, 0.29) is 0 Å². The lowest BCUT2D eigenvalue weighted by Crippen LogP contribution is -2.62. The fraction of sp³-hybridized carbons (Fsp3) is 0.125. The zero-order chi connectivity index (χ0) is 56.1. The third-order valence-electron chi connectivity index (χ3n) is 13.0. The Bertz CT molecular complexity index is 4210. The van der Waals surface area contributed by atoms with Crippen molar-refractivity contribution >= 4 is 56.6 Å². The predicted octanol–water partition coefficient (Wildman–Crippen LogP) is 2.38. The van der Waals surface area contributed by atoms with Gasteiger partial charge in [-0.3, -0.25) is 0 Å². The number of fused-ring (bicyclic) bond motifs is 8. The zero-order valence-corrected chi connectivity index (χ0v) is 37.9. The summed E-state index contributed by atoms with van der Waals surface area (Å²) in [6.07, 6.45) is -12.8. The van der Waals surface area contributed by atoms with Gasteiger partial charge in [0.2, 0.25) is 40.2 Å². The zero-order valence-electron chi connectivity index (χ0n) is 37.9. The Hall–Kier alpha value is -11.1. The molecule has 1 fully saturated rings. The van der Waals surface area contributed by atoms with Crippen LogP contribution in [0.3, 0.4) is 0 Å². The fourth-order valence-electron chi connectivity index (χ4n) is 9.38. The second kappa shape index (κ2) is 16.7. The Labute approximate surface area is 424 Å². The molecule has 400 valence electrons. The number of benzene rings is 6. The van der Waals surface area contributed by atoms with E-state index in [9.17, 15) is 110 Å². The molecule has 6 heterocycles. The van der Waals surface area contributed by atoms with Gasteiger partial charge in [0, 0.05) is 45.2 Å². The Balaban J connectivity index is 1.19. The van der Waals surface area contributed by atoms with Gasteiger partial charge in [-0.2, -0.15) is 0 Å². The number of rotatable bonds is 0. The van der Waals surface area contributed by atoms with E-state index in [2.05, 4.69) is 0 Å². The highest BCUT2D eigenvalue weighted by molar-refractivity contribution is 6.26. The topological polar surface area (TPSA) is 508 Å². The molecule has 5 atom stereocenters. The summed E-state index contributed by atoms with van der Waals surface area (Å²) >= 11 is 0. The largest absolute Gasteiger partial charge is 0.504 e. The number of phenols is 15. The van der Waals surface area contributed by atoms with Gasteiger partial charge < -0.3 is 119 Å². The third-order valence-corrected chi connectivity index (χ3v) is 13.0. The van der Waals surface area contributed by atoms with E-state index in [0.717, 1.165) is 0 Å². The van der Waals surface area contributed by atoms with Crippen molar-refractivity contribution in [3.05, 3.63) is 73.4 Å². The number of ether oxygens (including phenoxy) is 6. The minimum absolute atomic E-state index is 0.316. The quantitative estimate of drug-likeness (QED) is 0.0341. The van der Waals surface area contributed by atoms with E-state index in [1.54, 1.807) is 0 Å². The van der Waals surface area contributed by atoms with E-state index in [1.807, 2.05) is 0 Å². The van der Waals surface area contributed by atoms with Crippen LogP contribution in [0.4, 0.5) is 0 Å². The standard InChI is InChI=1S/C48H28O30/c49-12-1-7-18(30(58)25(12)53)19-8(2-13(50)26(54)31(19)59)45(67)78-41-40(77-44(7)66)37-17(73-48(41)70)6-71-42(64)11-4-15(52)28(56)34(62)36(11)72-16-5-10-21-23-24(47(69)76-38(21)29(16)57)22(33(61)35(63)39(23)75-46(10)68)20-9(43(65)74-37)3-14(51)27(55)32(20)60/h1-5,17,37,40-41,48-63,70H,6H2/t17-,37-,40+,41-,48?/m1/s1. The van der Waals surface area contributed by atoms with Crippen LogP contribution in [0.5, 0.6) is 97.7 Å². The highest BCUT2D eigenvalue weighted by atomic mass is 16.7. The molecule has 30 nitrogen and oxygen atoms in total. The highest BCUT2D eigenvalue weighted by Crippen LogP contribution is 2.57. The number of aliphatic hydroxyl groups is 1. The summed E-state index contributed by atoms with van der Waals surface area (Å²) in [6, 6.07) is 2.15. The molecular formula is C48H28O30. The number of aliphatic hydroxyl groups excluding tert-OH is 1. The molecular weight excluding hydrogens is 1060 g/mol. The van der Waals surface area contributed by atoms with Crippen molar-refractivity contribution in [1.82, 2.24) is 0 Å². The number of hydrogen-bond donors (Lipinski definition) is 16. The molecule has 12 rings (SSSR count). The first-order chi connectivity index (χ1) is 36.8. The van der Waals surface area contributed by atoms with Crippen molar-refractivity contribution in [2.75, 3.05) is 6.61 Å². The molecule has 0 aliphatic carbocycles. The summed E-state index contributed by atoms with van der Waals surface area (Å²) in [5, 5.41) is 173. The van der Waals surface area contributed by atoms with Gasteiger partial charge in [0.15, 0.2) is 93.3 Å². The SMILES string of the molecule is O=C1OC[C@H]2OC(O)[C@@H]3OC(=O)c4cc(O)c(O)c(O)c4-c4c(cc(O)c(O)c4O)C(=O)O[C@H]3[C@@H]2OC(=O)c2cc(O)c(O)c(O)c2-c2c(O)c(O)c3oc(=O)c4cc(c(O)c5oc(=O)c2c3c54)Oc2c1cc(O)c(O)c2O. The molecule has 16 N–H and O–H groups in total. The average molecular weight is 1080 g/mol.